The van der Waals surface area contributed by atoms with Gasteiger partial charge < -0.3 is 49.5 Å². The summed E-state index contributed by atoms with van der Waals surface area (Å²) in [5.74, 6) is -5.00. The van der Waals surface area contributed by atoms with Crippen LogP contribution in [0.5, 0.6) is 0 Å². The van der Waals surface area contributed by atoms with E-state index in [-0.39, 0.29) is 49.7 Å². The first-order valence-electron chi connectivity index (χ1n) is 20.0. The third kappa shape index (κ3) is 12.8. The standard InChI is InChI=1S/C44H53N11O6/c1-25(2)22-35-42(60)55-36(24-37(45)56)43(61)52-31(39(46)57)15-7-6-10-26-17-19-27(20-18-26)33-23-34(50-28-11-4-3-5-12-28)29-13-8-14-30(38(29)51-33)40(58)53-32(41(59)54-35)16-9-21-49-44(47)48/h3-8,11-14,17-20,23,25,31-32,35-36H,9-10,15-16,21-22,24H2,1-2H3,(H2,45,56)(H2,46,57)(H,50,51)(H,52,61)(H,53,58)(H,54,59)(H,55,60)(H4,47,48,49)/b7-6+/t31-,32-,35-,36-/m0/s1. The number of nitrogens with zero attached hydrogens (tertiary/aromatic N) is 2. The molecule has 17 nitrogen and oxygen atoms in total. The maximum absolute atomic E-state index is 14.4. The Morgan fingerprint density at radius 1 is 0.803 bits per heavy atom. The highest BCUT2D eigenvalue weighted by Gasteiger charge is 2.32. The molecular weight excluding hydrogens is 779 g/mol. The van der Waals surface area contributed by atoms with Crippen molar-refractivity contribution in [1.29, 1.82) is 0 Å². The lowest BCUT2D eigenvalue weighted by Crippen LogP contribution is -2.58. The molecule has 0 spiro atoms. The lowest BCUT2D eigenvalue weighted by molar-refractivity contribution is -0.135. The van der Waals surface area contributed by atoms with Gasteiger partial charge in [0.25, 0.3) is 5.91 Å². The minimum Gasteiger partial charge on any atom is -0.370 e. The van der Waals surface area contributed by atoms with Crippen LogP contribution in [-0.4, -0.2) is 77.1 Å². The zero-order valence-electron chi connectivity index (χ0n) is 34.2. The van der Waals surface area contributed by atoms with E-state index in [1.54, 1.807) is 18.2 Å². The number of nitrogens with one attached hydrogen (secondary N) is 5. The van der Waals surface area contributed by atoms with Crippen molar-refractivity contribution in [1.82, 2.24) is 26.3 Å². The number of aliphatic imine (C=N–C) groups is 1. The number of pyridine rings is 1. The van der Waals surface area contributed by atoms with Crippen molar-refractivity contribution in [2.45, 2.75) is 76.5 Å². The quantitative estimate of drug-likeness (QED) is 0.0349. The number of anilines is 2. The first-order chi connectivity index (χ1) is 29.2. The van der Waals surface area contributed by atoms with Crippen molar-refractivity contribution < 1.29 is 28.8 Å². The van der Waals surface area contributed by atoms with Crippen LogP contribution in [0.1, 0.15) is 61.9 Å². The van der Waals surface area contributed by atoms with Crippen molar-refractivity contribution in [3.63, 3.8) is 0 Å². The van der Waals surface area contributed by atoms with Gasteiger partial charge in [-0.3, -0.25) is 33.8 Å². The van der Waals surface area contributed by atoms with Crippen molar-refractivity contribution in [2.75, 3.05) is 11.9 Å². The lowest BCUT2D eigenvalue weighted by Gasteiger charge is -2.26. The van der Waals surface area contributed by atoms with Gasteiger partial charge in [0.05, 0.1) is 28.9 Å². The number of hydrogen-bond acceptors (Lipinski definition) is 9. The molecule has 4 bridgehead atoms. The number of aromatic nitrogens is 1. The summed E-state index contributed by atoms with van der Waals surface area (Å²) in [5, 5.41) is 14.8. The van der Waals surface area contributed by atoms with E-state index in [2.05, 4.69) is 31.6 Å². The molecule has 4 aromatic rings. The van der Waals surface area contributed by atoms with Gasteiger partial charge in [-0.1, -0.05) is 80.6 Å². The summed E-state index contributed by atoms with van der Waals surface area (Å²) in [6.45, 7) is 3.81. The van der Waals surface area contributed by atoms with Crippen molar-refractivity contribution >= 4 is 63.7 Å². The fourth-order valence-corrected chi connectivity index (χ4v) is 6.81. The molecule has 0 aliphatic carbocycles. The number of carbonyl (C=O) groups excluding carboxylic acids is 6. The summed E-state index contributed by atoms with van der Waals surface area (Å²) in [5.41, 5.74) is 26.5. The predicted molar refractivity (Wildman–Crippen MR) is 234 cm³/mol. The van der Waals surface area contributed by atoms with Gasteiger partial charge in [-0.15, -0.1) is 0 Å². The Morgan fingerprint density at radius 2 is 1.49 bits per heavy atom. The molecule has 3 heterocycles. The maximum Gasteiger partial charge on any atom is 0.254 e. The van der Waals surface area contributed by atoms with Crippen molar-refractivity contribution in [3.05, 3.63) is 102 Å². The lowest BCUT2D eigenvalue weighted by atomic mass is 10.0. The number of nitrogens with two attached hydrogens (primary N) is 4. The van der Waals surface area contributed by atoms with Crippen LogP contribution in [0.2, 0.25) is 0 Å². The normalized spacial score (nSPS) is 19.5. The summed E-state index contributed by atoms with van der Waals surface area (Å²) in [6.07, 6.45) is 3.87. The third-order valence-corrected chi connectivity index (χ3v) is 9.88. The molecule has 13 N–H and O–H groups in total. The minimum absolute atomic E-state index is 0.0270. The largest absolute Gasteiger partial charge is 0.370 e. The van der Waals surface area contributed by atoms with E-state index in [9.17, 15) is 28.8 Å². The predicted octanol–water partition coefficient (Wildman–Crippen LogP) is 2.16. The molecule has 0 unspecified atom stereocenters. The number of primary amides is 2. The fraction of sp³-hybridized carbons (Fsp3) is 0.318. The highest BCUT2D eigenvalue weighted by molar-refractivity contribution is 6.10. The number of rotatable bonds is 11. The van der Waals surface area contributed by atoms with Gasteiger partial charge >= 0.3 is 0 Å². The van der Waals surface area contributed by atoms with Gasteiger partial charge in [-0.05, 0) is 67.9 Å². The van der Waals surface area contributed by atoms with E-state index in [0.717, 1.165) is 16.8 Å². The Morgan fingerprint density at radius 3 is 2.16 bits per heavy atom. The van der Waals surface area contributed by atoms with Crippen LogP contribution in [0, 0.1) is 5.92 Å². The second kappa shape index (κ2) is 21.1. The Hall–Kier alpha value is -7.30. The molecule has 17 heteroatoms. The second-order valence-corrected chi connectivity index (χ2v) is 15.2. The molecule has 2 aliphatic heterocycles. The molecule has 2 aliphatic rings. The number of benzene rings is 3. The van der Waals surface area contributed by atoms with Crippen LogP contribution in [0.25, 0.3) is 22.2 Å². The highest BCUT2D eigenvalue weighted by Crippen LogP contribution is 2.32. The van der Waals surface area contributed by atoms with Crippen LogP contribution in [0.4, 0.5) is 11.4 Å². The van der Waals surface area contributed by atoms with Gasteiger partial charge in [0, 0.05) is 23.2 Å². The monoisotopic (exact) mass is 831 g/mol. The van der Waals surface area contributed by atoms with E-state index in [1.807, 2.05) is 86.7 Å². The zero-order valence-corrected chi connectivity index (χ0v) is 34.2. The summed E-state index contributed by atoms with van der Waals surface area (Å²) in [4.78, 5) is 89.5. The Bertz CT molecular complexity index is 2290. The topological polar surface area (TPSA) is 292 Å². The Balaban J connectivity index is 1.61. The van der Waals surface area contributed by atoms with Crippen LogP contribution < -0.4 is 49.5 Å². The third-order valence-electron chi connectivity index (χ3n) is 9.88. The molecule has 0 saturated heterocycles. The van der Waals surface area contributed by atoms with Gasteiger partial charge in [0.1, 0.15) is 24.2 Å². The number of para-hydroxylation sites is 2. The second-order valence-electron chi connectivity index (χ2n) is 15.2. The number of hydrogen-bond donors (Lipinski definition) is 9. The van der Waals surface area contributed by atoms with Gasteiger partial charge in [-0.25, -0.2) is 4.98 Å². The number of allylic oxidation sites excluding steroid dienone is 1. The first-order valence-corrected chi connectivity index (χ1v) is 20.0. The van der Waals surface area contributed by atoms with Gasteiger partial charge in [0.15, 0.2) is 5.96 Å². The van der Waals surface area contributed by atoms with E-state index in [4.69, 9.17) is 27.9 Å². The zero-order chi connectivity index (χ0) is 44.1. The number of guanidine groups is 1. The number of amides is 6. The van der Waals surface area contributed by atoms with Crippen LogP contribution in [0.3, 0.4) is 0 Å². The summed E-state index contributed by atoms with van der Waals surface area (Å²) >= 11 is 0. The molecule has 1 aromatic heterocycles. The van der Waals surface area contributed by atoms with E-state index in [1.165, 1.54) is 0 Å². The van der Waals surface area contributed by atoms with Crippen LogP contribution in [0.15, 0.2) is 96.0 Å². The van der Waals surface area contributed by atoms with Crippen molar-refractivity contribution in [2.24, 2.45) is 33.8 Å². The molecule has 0 saturated carbocycles. The fourth-order valence-electron chi connectivity index (χ4n) is 6.81. The van der Waals surface area contributed by atoms with E-state index >= 15 is 0 Å². The molecule has 6 rings (SSSR count). The Kier molecular flexibility index (Phi) is 15.5. The molecule has 6 amide bonds. The molecule has 4 atom stereocenters. The molecule has 320 valence electrons. The Labute approximate surface area is 353 Å². The van der Waals surface area contributed by atoms with Crippen LogP contribution >= 0.6 is 0 Å². The maximum atomic E-state index is 14.4. The number of fused-ring (bicyclic) bond motifs is 16. The van der Waals surface area contributed by atoms with Crippen molar-refractivity contribution in [3.8, 4) is 11.3 Å². The van der Waals surface area contributed by atoms with E-state index < -0.39 is 66.0 Å². The highest BCUT2D eigenvalue weighted by atomic mass is 16.2. The SMILES string of the molecule is CC(C)C[C@@H]1NC(=O)[C@H](CCCN=C(N)N)NC(=O)c2cccc3c(Nc4ccccc4)cc(nc23)-c2ccc(cc2)C/C=C/C[C@@H](C(N)=O)NC(=O)[C@H](CC(N)=O)NC1=O. The smallest absolute Gasteiger partial charge is 0.254 e. The number of carbonyl (C=O) groups is 6. The molecule has 0 radical (unpaired) electrons. The van der Waals surface area contributed by atoms with Gasteiger partial charge in [0.2, 0.25) is 29.5 Å². The first kappa shape index (κ1) is 44.8. The summed E-state index contributed by atoms with van der Waals surface area (Å²) < 4.78 is 0. The minimum atomic E-state index is -1.51. The van der Waals surface area contributed by atoms with Crippen LogP contribution in [-0.2, 0) is 30.4 Å². The molecular formula is C44H53N11O6. The average molecular weight is 832 g/mol. The average Bonchev–Trinajstić information content (AvgIpc) is 3.21. The van der Waals surface area contributed by atoms with E-state index in [0.29, 0.717) is 28.7 Å². The summed E-state index contributed by atoms with van der Waals surface area (Å²) in [7, 11) is 0. The summed E-state index contributed by atoms with van der Waals surface area (Å²) in [6, 6.07) is 19.2. The van der Waals surface area contributed by atoms with Gasteiger partial charge in [-0.2, -0.15) is 0 Å². The molecule has 0 fully saturated rings. The molecule has 61 heavy (non-hydrogen) atoms. The molecule has 3 aromatic carbocycles.